The van der Waals surface area contributed by atoms with Crippen LogP contribution in [0.1, 0.15) is 137 Å². The van der Waals surface area contributed by atoms with Crippen molar-refractivity contribution < 1.29 is 29.3 Å². The van der Waals surface area contributed by atoms with Gasteiger partial charge in [-0.25, -0.2) is 0 Å². The number of ketones is 1. The van der Waals surface area contributed by atoms with E-state index in [1.165, 1.54) is 59.6 Å². The average molecular weight is 901 g/mol. The summed E-state index contributed by atoms with van der Waals surface area (Å²) in [7, 11) is 0. The summed E-state index contributed by atoms with van der Waals surface area (Å²) in [5.41, 5.74) is 9.89. The van der Waals surface area contributed by atoms with Crippen LogP contribution in [-0.2, 0) is 35.7 Å². The number of aromatic nitrogens is 1. The molecule has 0 amide bonds. The summed E-state index contributed by atoms with van der Waals surface area (Å²) >= 11 is 0. The second kappa shape index (κ2) is 17.5. The van der Waals surface area contributed by atoms with Gasteiger partial charge in [0, 0.05) is 42.4 Å². The summed E-state index contributed by atoms with van der Waals surface area (Å²) in [5.74, 6) is 1.90. The first-order valence-electron chi connectivity index (χ1n) is 20.4. The summed E-state index contributed by atoms with van der Waals surface area (Å²) in [6.07, 6.45) is 12.3. The number of rotatable bonds is 10. The Morgan fingerprint density at radius 2 is 1.52 bits per heavy atom. The Hall–Kier alpha value is -3.53. The molecule has 2 aliphatic rings. The van der Waals surface area contributed by atoms with Crippen LogP contribution in [0.3, 0.4) is 0 Å². The Balaban J connectivity index is 0.000000224. The van der Waals surface area contributed by atoms with Gasteiger partial charge in [-0.1, -0.05) is 155 Å². The first-order chi connectivity index (χ1) is 25.4. The van der Waals surface area contributed by atoms with Gasteiger partial charge in [-0.15, -0.1) is 35.4 Å². The molecule has 289 valence electrons. The number of carbonyl (C=O) groups is 1. The van der Waals surface area contributed by atoms with E-state index in [9.17, 15) is 4.79 Å². The number of benzene rings is 3. The Morgan fingerprint density at radius 3 is 2.17 bits per heavy atom. The zero-order valence-corrected chi connectivity index (χ0v) is 36.5. The maximum atomic E-state index is 12.5. The van der Waals surface area contributed by atoms with Crippen LogP contribution >= 0.6 is 0 Å². The van der Waals surface area contributed by atoms with E-state index >= 15 is 0 Å². The second-order valence-electron chi connectivity index (χ2n) is 16.8. The molecule has 5 aromatic rings. The normalized spacial score (nSPS) is 15.5. The van der Waals surface area contributed by atoms with Gasteiger partial charge in [-0.05, 0) is 59.1 Å². The molecule has 0 aliphatic heterocycles. The van der Waals surface area contributed by atoms with Crippen LogP contribution in [0.25, 0.3) is 49.8 Å². The molecular formula is C49H60IrN2O2-2. The van der Waals surface area contributed by atoms with Crippen LogP contribution in [0.2, 0.25) is 0 Å². The zero-order chi connectivity index (χ0) is 37.9. The van der Waals surface area contributed by atoms with Crippen LogP contribution in [0.5, 0.6) is 0 Å². The molecule has 0 unspecified atom stereocenters. The number of furan rings is 1. The SMILES string of the molecule is CC(C)(C)c1cc(-c2[c-]ccc3c2C(C)(C)c2c-3oc3ccccc23)nc2ccccc12.CCC(CC)C(=O)/C=C(\[N-]C1CCCCC1)C(CC)CC.[Ir]. The van der Waals surface area contributed by atoms with Crippen LogP contribution in [0.15, 0.2) is 82.9 Å². The fourth-order valence-corrected chi connectivity index (χ4v) is 8.79. The van der Waals surface area contributed by atoms with Gasteiger partial charge in [-0.2, -0.15) is 5.70 Å². The largest absolute Gasteiger partial charge is 0.685 e. The van der Waals surface area contributed by atoms with Crippen molar-refractivity contribution in [2.45, 2.75) is 137 Å². The number of nitrogens with zero attached hydrogens (tertiary/aromatic N) is 2. The van der Waals surface area contributed by atoms with Gasteiger partial charge >= 0.3 is 0 Å². The first kappa shape index (κ1) is 41.6. The standard InChI is InChI=1S/C30H26NO.C19H35NO.Ir/c1-29(2,3)22-17-24(31-23-15-8-6-11-18(22)23)19-13-10-14-21-26(19)30(4,5)27-20-12-7-9-16-25(20)32-28(21)27;1-5-15(6-2)18(14-19(21)16(7-3)8-4)20-17-12-10-9-11-13-17;/h6-12,14-17H,1-5H3;14-17H,5-13H2,1-4H3,(H,20,21);/q-1;;/p-1. The van der Waals surface area contributed by atoms with Gasteiger partial charge in [-0.3, -0.25) is 9.78 Å². The van der Waals surface area contributed by atoms with Crippen molar-refractivity contribution in [3.8, 4) is 22.6 Å². The summed E-state index contributed by atoms with van der Waals surface area (Å²) in [5, 5.41) is 7.42. The molecular weight excluding hydrogens is 841 g/mol. The number of pyridine rings is 1. The zero-order valence-electron chi connectivity index (χ0n) is 34.1. The molecule has 4 nitrogen and oxygen atoms in total. The molecule has 1 saturated carbocycles. The number of hydrogen-bond acceptors (Lipinski definition) is 3. The molecule has 7 rings (SSSR count). The molecule has 2 aromatic heterocycles. The quantitative estimate of drug-likeness (QED) is 0.104. The molecule has 0 spiro atoms. The molecule has 0 atom stereocenters. The Labute approximate surface area is 338 Å². The van der Waals surface area contributed by atoms with Crippen molar-refractivity contribution in [1.82, 2.24) is 4.98 Å². The van der Waals surface area contributed by atoms with Crippen LogP contribution in [-0.4, -0.2) is 16.8 Å². The van der Waals surface area contributed by atoms with E-state index in [1.54, 1.807) is 0 Å². The van der Waals surface area contributed by atoms with E-state index in [0.717, 1.165) is 65.1 Å². The van der Waals surface area contributed by atoms with Gasteiger partial charge in [0.25, 0.3) is 0 Å². The third-order valence-electron chi connectivity index (χ3n) is 11.9. The minimum atomic E-state index is -0.209. The Bertz CT molecular complexity index is 2080. The molecule has 54 heavy (non-hydrogen) atoms. The predicted molar refractivity (Wildman–Crippen MR) is 224 cm³/mol. The van der Waals surface area contributed by atoms with E-state index in [1.807, 2.05) is 18.2 Å². The molecule has 2 heterocycles. The summed E-state index contributed by atoms with van der Waals surface area (Å²) in [6.45, 7) is 20.0. The van der Waals surface area contributed by atoms with Crippen molar-refractivity contribution in [3.63, 3.8) is 0 Å². The topological polar surface area (TPSA) is 57.2 Å². The van der Waals surface area contributed by atoms with Crippen molar-refractivity contribution in [3.05, 3.63) is 107 Å². The first-order valence-corrected chi connectivity index (χ1v) is 20.4. The van der Waals surface area contributed by atoms with E-state index in [-0.39, 0.29) is 36.9 Å². The third kappa shape index (κ3) is 8.34. The minimum absolute atomic E-state index is 0. The third-order valence-corrected chi connectivity index (χ3v) is 11.9. The van der Waals surface area contributed by atoms with E-state index in [4.69, 9.17) is 14.7 Å². The number of carbonyl (C=O) groups excluding carboxylic acids is 1. The average Bonchev–Trinajstić information content (AvgIpc) is 3.65. The Kier molecular flexibility index (Phi) is 13.5. The molecule has 3 aromatic carbocycles. The van der Waals surface area contributed by atoms with Crippen LogP contribution in [0.4, 0.5) is 0 Å². The van der Waals surface area contributed by atoms with Crippen molar-refractivity contribution >= 4 is 27.7 Å². The molecule has 1 radical (unpaired) electrons. The van der Waals surface area contributed by atoms with Crippen LogP contribution < -0.4 is 0 Å². The monoisotopic (exact) mass is 901 g/mol. The van der Waals surface area contributed by atoms with Gasteiger partial charge < -0.3 is 9.73 Å². The van der Waals surface area contributed by atoms with Crippen molar-refractivity contribution in [2.75, 3.05) is 0 Å². The van der Waals surface area contributed by atoms with E-state index in [0.29, 0.717) is 17.7 Å². The Morgan fingerprint density at radius 1 is 0.889 bits per heavy atom. The van der Waals surface area contributed by atoms with E-state index < -0.39 is 0 Å². The number of fused-ring (bicyclic) bond motifs is 6. The summed E-state index contributed by atoms with van der Waals surface area (Å²) < 4.78 is 6.38. The smallest absolute Gasteiger partial charge is 0.157 e. The van der Waals surface area contributed by atoms with Gasteiger partial charge in [0.05, 0.1) is 5.52 Å². The fraction of sp³-hybridized carbons (Fsp3) is 0.469. The molecule has 2 aliphatic carbocycles. The van der Waals surface area contributed by atoms with E-state index in [2.05, 4.69) is 123 Å². The number of para-hydroxylation sites is 2. The van der Waals surface area contributed by atoms with Gasteiger partial charge in [0.1, 0.15) is 11.3 Å². The van der Waals surface area contributed by atoms with Crippen molar-refractivity contribution in [2.24, 2.45) is 11.8 Å². The minimum Gasteiger partial charge on any atom is -0.685 e. The van der Waals surface area contributed by atoms with Gasteiger partial charge in [0.2, 0.25) is 0 Å². The summed E-state index contributed by atoms with van der Waals surface area (Å²) in [6, 6.07) is 27.2. The molecule has 1 fully saturated rings. The number of hydrogen-bond donors (Lipinski definition) is 0. The summed E-state index contributed by atoms with van der Waals surface area (Å²) in [4.78, 5) is 17.6. The van der Waals surface area contributed by atoms with Gasteiger partial charge in [0.15, 0.2) is 5.78 Å². The molecule has 0 N–H and O–H groups in total. The maximum absolute atomic E-state index is 12.5. The van der Waals surface area contributed by atoms with Crippen LogP contribution in [0, 0.1) is 17.9 Å². The van der Waals surface area contributed by atoms with Crippen molar-refractivity contribution in [1.29, 1.82) is 0 Å². The number of allylic oxidation sites excluding steroid dienone is 2. The second-order valence-corrected chi connectivity index (χ2v) is 16.8. The predicted octanol–water partition coefficient (Wildman–Crippen LogP) is 14.1. The maximum Gasteiger partial charge on any atom is 0.157 e. The molecule has 5 heteroatoms. The molecule has 0 bridgehead atoms. The fourth-order valence-electron chi connectivity index (χ4n) is 8.79. The molecule has 0 saturated heterocycles.